The van der Waals surface area contributed by atoms with E-state index < -0.39 is 16.2 Å². The molecule has 1 N–H and O–H groups in total. The fourth-order valence-corrected chi connectivity index (χ4v) is 0.985. The molecule has 0 aliphatic carbocycles. The van der Waals surface area contributed by atoms with E-state index in [-0.39, 0.29) is 5.69 Å². The van der Waals surface area contributed by atoms with Gasteiger partial charge in [0.1, 0.15) is 0 Å². The van der Waals surface area contributed by atoms with Crippen molar-refractivity contribution in [1.29, 1.82) is 5.26 Å². The first kappa shape index (κ1) is 11.9. The second-order valence-corrected chi connectivity index (χ2v) is 3.22. The molecule has 0 spiro atoms. The van der Waals surface area contributed by atoms with E-state index in [1.165, 1.54) is 24.3 Å². The normalized spacial score (nSPS) is 11.2. The minimum atomic E-state index is -1.28. The number of nitro groups is 1. The first-order valence-corrected chi connectivity index (χ1v) is 4.57. The third-order valence-electron chi connectivity index (χ3n) is 1.69. The van der Waals surface area contributed by atoms with E-state index in [2.05, 4.69) is 5.32 Å². The number of nitriles is 1. The first-order chi connectivity index (χ1) is 7.54. The number of benzene rings is 1. The lowest BCUT2D eigenvalue weighted by atomic mass is 10.3. The van der Waals surface area contributed by atoms with Crippen LogP contribution < -0.4 is 5.32 Å². The number of non-ortho nitro benzene ring substituents is 1. The van der Waals surface area contributed by atoms with E-state index in [0.29, 0.717) is 5.69 Å². The monoisotopic (exact) mass is 239 g/mol. The molecule has 1 aromatic carbocycles. The second kappa shape index (κ2) is 5.09. The molecule has 1 unspecified atom stereocenters. The van der Waals surface area contributed by atoms with Gasteiger partial charge in [-0.15, -0.1) is 0 Å². The third-order valence-corrected chi connectivity index (χ3v) is 1.98. The van der Waals surface area contributed by atoms with Crippen LogP contribution in [0.15, 0.2) is 24.3 Å². The van der Waals surface area contributed by atoms with Gasteiger partial charge in [0.05, 0.1) is 11.0 Å². The van der Waals surface area contributed by atoms with Gasteiger partial charge in [-0.3, -0.25) is 14.9 Å². The molecular weight excluding hydrogens is 234 g/mol. The maximum atomic E-state index is 11.2. The summed E-state index contributed by atoms with van der Waals surface area (Å²) in [5.74, 6) is -0.669. The van der Waals surface area contributed by atoms with E-state index in [0.717, 1.165) is 0 Å². The maximum Gasteiger partial charge on any atom is 0.269 e. The highest BCUT2D eigenvalue weighted by molar-refractivity contribution is 6.34. The summed E-state index contributed by atoms with van der Waals surface area (Å²) in [6.45, 7) is 0. The van der Waals surface area contributed by atoms with Gasteiger partial charge in [-0.2, -0.15) is 5.26 Å². The first-order valence-electron chi connectivity index (χ1n) is 4.13. The zero-order chi connectivity index (χ0) is 12.1. The molecule has 7 heteroatoms. The van der Waals surface area contributed by atoms with Crippen LogP contribution in [0.5, 0.6) is 0 Å². The summed E-state index contributed by atoms with van der Waals surface area (Å²) >= 11 is 5.37. The summed E-state index contributed by atoms with van der Waals surface area (Å²) in [5, 5.41) is 19.8. The minimum Gasteiger partial charge on any atom is -0.324 e. The number of amides is 1. The average Bonchev–Trinajstić information content (AvgIpc) is 2.28. The molecule has 0 aliphatic heterocycles. The zero-order valence-electron chi connectivity index (χ0n) is 7.88. The van der Waals surface area contributed by atoms with Gasteiger partial charge in [0.15, 0.2) is 5.38 Å². The molecule has 0 heterocycles. The van der Waals surface area contributed by atoms with E-state index >= 15 is 0 Å². The van der Waals surface area contributed by atoms with Crippen molar-refractivity contribution in [3.8, 4) is 6.07 Å². The van der Waals surface area contributed by atoms with Gasteiger partial charge in [-0.1, -0.05) is 11.6 Å². The number of alkyl halides is 1. The molecule has 0 saturated heterocycles. The molecule has 0 aliphatic rings. The number of hydrogen-bond acceptors (Lipinski definition) is 4. The van der Waals surface area contributed by atoms with Gasteiger partial charge >= 0.3 is 0 Å². The molecule has 1 amide bonds. The van der Waals surface area contributed by atoms with Crippen LogP contribution in [0.2, 0.25) is 0 Å². The summed E-state index contributed by atoms with van der Waals surface area (Å²) in [6, 6.07) is 6.76. The van der Waals surface area contributed by atoms with Crippen LogP contribution in [-0.4, -0.2) is 16.2 Å². The third kappa shape index (κ3) is 2.93. The van der Waals surface area contributed by atoms with Crippen LogP contribution in [-0.2, 0) is 4.79 Å². The van der Waals surface area contributed by atoms with Gasteiger partial charge in [-0.25, -0.2) is 0 Å². The van der Waals surface area contributed by atoms with Crippen molar-refractivity contribution >= 4 is 28.9 Å². The molecule has 0 radical (unpaired) electrons. The Morgan fingerprint density at radius 2 is 2.06 bits per heavy atom. The molecule has 0 aromatic heterocycles. The minimum absolute atomic E-state index is 0.0827. The fourth-order valence-electron chi connectivity index (χ4n) is 0.931. The Labute approximate surface area is 95.6 Å². The van der Waals surface area contributed by atoms with E-state index in [4.69, 9.17) is 16.9 Å². The van der Waals surface area contributed by atoms with E-state index in [1.54, 1.807) is 6.07 Å². The molecule has 16 heavy (non-hydrogen) atoms. The van der Waals surface area contributed by atoms with Crippen molar-refractivity contribution in [1.82, 2.24) is 0 Å². The van der Waals surface area contributed by atoms with Crippen molar-refractivity contribution < 1.29 is 9.72 Å². The zero-order valence-corrected chi connectivity index (χ0v) is 8.64. The lowest BCUT2D eigenvalue weighted by Crippen LogP contribution is -2.21. The van der Waals surface area contributed by atoms with Gasteiger partial charge in [0.2, 0.25) is 0 Å². The number of nitrogens with one attached hydrogen (secondary N) is 1. The molecular formula is C9H6ClN3O3. The van der Waals surface area contributed by atoms with Crippen molar-refractivity contribution in [3.63, 3.8) is 0 Å². The Morgan fingerprint density at radius 1 is 1.50 bits per heavy atom. The Bertz CT molecular complexity index is 452. The van der Waals surface area contributed by atoms with E-state index in [9.17, 15) is 14.9 Å². The number of hydrogen-bond donors (Lipinski definition) is 1. The predicted molar refractivity (Wildman–Crippen MR) is 57.0 cm³/mol. The second-order valence-electron chi connectivity index (χ2n) is 2.78. The van der Waals surface area contributed by atoms with E-state index in [1.807, 2.05) is 0 Å². The van der Waals surface area contributed by atoms with Crippen LogP contribution in [0, 0.1) is 21.4 Å². The number of nitro benzene ring substituents is 1. The average molecular weight is 240 g/mol. The van der Waals surface area contributed by atoms with Gasteiger partial charge in [0, 0.05) is 17.8 Å². The number of carbonyl (C=O) groups is 1. The standard InChI is InChI=1S/C9H6ClN3O3/c10-8(5-11)9(14)12-6-1-3-7(4-2-6)13(15)16/h1-4,8H,(H,12,14). The number of carbonyl (C=O) groups excluding carboxylic acids is 1. The Morgan fingerprint density at radius 3 is 2.50 bits per heavy atom. The van der Waals surface area contributed by atoms with Crippen molar-refractivity contribution in [2.24, 2.45) is 0 Å². The molecule has 0 fully saturated rings. The van der Waals surface area contributed by atoms with Crippen LogP contribution in [0.3, 0.4) is 0 Å². The summed E-state index contributed by atoms with van der Waals surface area (Å²) < 4.78 is 0. The molecule has 0 bridgehead atoms. The summed E-state index contributed by atoms with van der Waals surface area (Å²) in [4.78, 5) is 21.0. The van der Waals surface area contributed by atoms with Crippen LogP contribution >= 0.6 is 11.6 Å². The molecule has 1 aromatic rings. The molecule has 6 nitrogen and oxygen atoms in total. The summed E-state index contributed by atoms with van der Waals surface area (Å²) in [6.07, 6.45) is 0. The number of rotatable bonds is 3. The SMILES string of the molecule is N#CC(Cl)C(=O)Nc1ccc([N+](=O)[O-])cc1. The van der Waals surface area contributed by atoms with Crippen LogP contribution in [0.1, 0.15) is 0 Å². The highest BCUT2D eigenvalue weighted by Crippen LogP contribution is 2.15. The molecule has 0 saturated carbocycles. The number of halogens is 1. The van der Waals surface area contributed by atoms with Crippen molar-refractivity contribution in [2.75, 3.05) is 5.32 Å². The van der Waals surface area contributed by atoms with Gasteiger partial charge in [0.25, 0.3) is 11.6 Å². The highest BCUT2D eigenvalue weighted by Gasteiger charge is 2.14. The van der Waals surface area contributed by atoms with Crippen molar-refractivity contribution in [3.05, 3.63) is 34.4 Å². The summed E-state index contributed by atoms with van der Waals surface area (Å²) in [5.41, 5.74) is 0.261. The lowest BCUT2D eigenvalue weighted by Gasteiger charge is -2.04. The topological polar surface area (TPSA) is 96.0 Å². The van der Waals surface area contributed by atoms with Crippen LogP contribution in [0.4, 0.5) is 11.4 Å². The smallest absolute Gasteiger partial charge is 0.269 e. The maximum absolute atomic E-state index is 11.2. The molecule has 1 rings (SSSR count). The number of anilines is 1. The highest BCUT2D eigenvalue weighted by atomic mass is 35.5. The largest absolute Gasteiger partial charge is 0.324 e. The van der Waals surface area contributed by atoms with Crippen LogP contribution in [0.25, 0.3) is 0 Å². The fraction of sp³-hybridized carbons (Fsp3) is 0.111. The number of nitrogens with zero attached hydrogens (tertiary/aromatic N) is 2. The quantitative estimate of drug-likeness (QED) is 0.493. The molecule has 1 atom stereocenters. The van der Waals surface area contributed by atoms with Gasteiger partial charge in [-0.05, 0) is 12.1 Å². The Hall–Kier alpha value is -2.13. The Kier molecular flexibility index (Phi) is 3.80. The predicted octanol–water partition coefficient (Wildman–Crippen LogP) is 1.66. The molecule has 82 valence electrons. The lowest BCUT2D eigenvalue weighted by molar-refractivity contribution is -0.384. The Balaban J connectivity index is 2.73. The van der Waals surface area contributed by atoms with Gasteiger partial charge < -0.3 is 5.32 Å². The van der Waals surface area contributed by atoms with Crippen molar-refractivity contribution in [2.45, 2.75) is 5.38 Å². The summed E-state index contributed by atoms with van der Waals surface area (Å²) in [7, 11) is 0.